The van der Waals surface area contributed by atoms with Gasteiger partial charge >= 0.3 is 0 Å². The molecule has 0 spiro atoms. The summed E-state index contributed by atoms with van der Waals surface area (Å²) in [7, 11) is 0. The third-order valence-corrected chi connectivity index (χ3v) is 2.62. The molecule has 0 bridgehead atoms. The van der Waals surface area contributed by atoms with Crippen LogP contribution in [0.4, 0.5) is 0 Å². The molecule has 2 saturated heterocycles. The summed E-state index contributed by atoms with van der Waals surface area (Å²) in [5.74, 6) is 1.65. The number of rotatable bonds is 8. The first-order valence-corrected chi connectivity index (χ1v) is 5.86. The molecule has 1 aromatic rings. The Morgan fingerprint density at radius 2 is 1.41 bits per heavy atom. The van der Waals surface area contributed by atoms with Crippen molar-refractivity contribution in [3.8, 4) is 0 Å². The van der Waals surface area contributed by atoms with Crippen LogP contribution >= 0.6 is 0 Å². The number of furan rings is 1. The monoisotopic (exact) mass is 240 g/mol. The van der Waals surface area contributed by atoms with Crippen molar-refractivity contribution in [3.63, 3.8) is 0 Å². The maximum absolute atomic E-state index is 5.56. The lowest BCUT2D eigenvalue weighted by atomic mass is 10.4. The second kappa shape index (κ2) is 5.18. The topological polar surface area (TPSA) is 56.7 Å². The summed E-state index contributed by atoms with van der Waals surface area (Å²) in [5.41, 5.74) is 0. The molecule has 0 N–H and O–H groups in total. The molecule has 0 saturated carbocycles. The van der Waals surface area contributed by atoms with Gasteiger partial charge in [-0.25, -0.2) is 0 Å². The molecule has 2 fully saturated rings. The maximum atomic E-state index is 5.56. The number of ether oxygens (including phenoxy) is 4. The summed E-state index contributed by atoms with van der Waals surface area (Å²) in [6.07, 6.45) is 0.595. The normalized spacial score (nSPS) is 26.1. The van der Waals surface area contributed by atoms with Crippen molar-refractivity contribution < 1.29 is 23.4 Å². The van der Waals surface area contributed by atoms with Gasteiger partial charge in [0.2, 0.25) is 0 Å². The molecule has 0 aromatic carbocycles. The van der Waals surface area contributed by atoms with Crippen LogP contribution in [0.2, 0.25) is 0 Å². The summed E-state index contributed by atoms with van der Waals surface area (Å²) in [5, 5.41) is 0. The van der Waals surface area contributed by atoms with Crippen LogP contribution in [0.15, 0.2) is 16.5 Å². The molecule has 3 rings (SSSR count). The van der Waals surface area contributed by atoms with Crippen molar-refractivity contribution in [2.75, 3.05) is 26.4 Å². The van der Waals surface area contributed by atoms with Crippen molar-refractivity contribution in [1.29, 1.82) is 0 Å². The van der Waals surface area contributed by atoms with E-state index >= 15 is 0 Å². The highest BCUT2D eigenvalue weighted by Gasteiger charge is 2.23. The Hall–Kier alpha value is -0.880. The van der Waals surface area contributed by atoms with Crippen molar-refractivity contribution >= 4 is 0 Å². The fraction of sp³-hybridized carbons (Fsp3) is 0.667. The van der Waals surface area contributed by atoms with E-state index in [1.807, 2.05) is 12.1 Å². The summed E-state index contributed by atoms with van der Waals surface area (Å²) >= 11 is 0. The molecule has 2 unspecified atom stereocenters. The average molecular weight is 240 g/mol. The van der Waals surface area contributed by atoms with Crippen molar-refractivity contribution in [1.82, 2.24) is 0 Å². The molecule has 2 atom stereocenters. The highest BCUT2D eigenvalue weighted by atomic mass is 16.6. The minimum Gasteiger partial charge on any atom is -0.461 e. The summed E-state index contributed by atoms with van der Waals surface area (Å²) in [6, 6.07) is 3.83. The zero-order valence-corrected chi connectivity index (χ0v) is 9.59. The van der Waals surface area contributed by atoms with E-state index in [0.717, 1.165) is 24.7 Å². The van der Waals surface area contributed by atoms with E-state index in [0.29, 0.717) is 38.6 Å². The predicted octanol–water partition coefficient (Wildman–Crippen LogP) is 1.11. The third-order valence-electron chi connectivity index (χ3n) is 2.62. The molecule has 2 aliphatic heterocycles. The first-order valence-electron chi connectivity index (χ1n) is 5.86. The van der Waals surface area contributed by atoms with E-state index in [4.69, 9.17) is 23.4 Å². The second-order valence-corrected chi connectivity index (χ2v) is 4.31. The molecule has 5 nitrogen and oxygen atoms in total. The zero-order valence-electron chi connectivity index (χ0n) is 9.59. The Balaban J connectivity index is 1.34. The van der Waals surface area contributed by atoms with Crippen LogP contribution < -0.4 is 0 Å². The van der Waals surface area contributed by atoms with Crippen LogP contribution in [-0.2, 0) is 32.2 Å². The summed E-state index contributed by atoms with van der Waals surface area (Å²) < 4.78 is 26.5. The fourth-order valence-electron chi connectivity index (χ4n) is 1.49. The number of epoxide rings is 2. The number of hydrogen-bond donors (Lipinski definition) is 0. The van der Waals surface area contributed by atoms with Gasteiger partial charge in [0, 0.05) is 0 Å². The van der Waals surface area contributed by atoms with Gasteiger partial charge in [0.25, 0.3) is 0 Å². The molecule has 94 valence electrons. The summed E-state index contributed by atoms with van der Waals surface area (Å²) in [6.45, 7) is 3.91. The van der Waals surface area contributed by atoms with Crippen LogP contribution in [0.3, 0.4) is 0 Å². The molecular formula is C12H16O5. The Morgan fingerprint density at radius 1 is 0.941 bits per heavy atom. The van der Waals surface area contributed by atoms with Gasteiger partial charge in [-0.15, -0.1) is 0 Å². The third kappa shape index (κ3) is 3.81. The van der Waals surface area contributed by atoms with Crippen molar-refractivity contribution in [2.45, 2.75) is 25.4 Å². The predicted molar refractivity (Wildman–Crippen MR) is 57.5 cm³/mol. The SMILES string of the molecule is c1cc(COCC2CO2)oc1COCC1CO1. The first kappa shape index (κ1) is 11.2. The molecule has 17 heavy (non-hydrogen) atoms. The van der Waals surface area contributed by atoms with E-state index in [2.05, 4.69) is 0 Å². The molecule has 0 aliphatic carbocycles. The van der Waals surface area contributed by atoms with Crippen molar-refractivity contribution in [3.05, 3.63) is 23.7 Å². The van der Waals surface area contributed by atoms with Crippen LogP contribution in [0.1, 0.15) is 11.5 Å². The quantitative estimate of drug-likeness (QED) is 0.637. The van der Waals surface area contributed by atoms with Gasteiger partial charge in [-0.1, -0.05) is 0 Å². The lowest BCUT2D eigenvalue weighted by Crippen LogP contribution is -2.01. The standard InChI is InChI=1S/C12H16O5/c1-2-10(4-14-6-12-8-16-12)17-9(1)3-13-5-11-7-15-11/h1-2,11-12H,3-8H2. The lowest BCUT2D eigenvalue weighted by molar-refractivity contribution is 0.0767. The van der Waals surface area contributed by atoms with Gasteiger partial charge in [-0.2, -0.15) is 0 Å². The van der Waals surface area contributed by atoms with Crippen LogP contribution in [-0.4, -0.2) is 38.6 Å². The van der Waals surface area contributed by atoms with Crippen LogP contribution in [0, 0.1) is 0 Å². The van der Waals surface area contributed by atoms with Crippen LogP contribution in [0.5, 0.6) is 0 Å². The van der Waals surface area contributed by atoms with Gasteiger partial charge < -0.3 is 23.4 Å². The minimum atomic E-state index is 0.298. The Bertz CT molecular complexity index is 321. The van der Waals surface area contributed by atoms with E-state index in [1.165, 1.54) is 0 Å². The smallest absolute Gasteiger partial charge is 0.129 e. The number of hydrogen-bond acceptors (Lipinski definition) is 5. The Morgan fingerprint density at radius 3 is 1.82 bits per heavy atom. The first-order chi connectivity index (χ1) is 8.40. The molecule has 2 aliphatic rings. The van der Waals surface area contributed by atoms with Crippen LogP contribution in [0.25, 0.3) is 0 Å². The van der Waals surface area contributed by atoms with Gasteiger partial charge in [-0.05, 0) is 12.1 Å². The maximum Gasteiger partial charge on any atom is 0.129 e. The fourth-order valence-corrected chi connectivity index (χ4v) is 1.49. The minimum absolute atomic E-state index is 0.298. The highest BCUT2D eigenvalue weighted by molar-refractivity contribution is 5.05. The van der Waals surface area contributed by atoms with Gasteiger partial charge in [0.05, 0.1) is 26.4 Å². The largest absolute Gasteiger partial charge is 0.461 e. The molecule has 5 heteroatoms. The van der Waals surface area contributed by atoms with E-state index < -0.39 is 0 Å². The highest BCUT2D eigenvalue weighted by Crippen LogP contribution is 2.14. The lowest BCUT2D eigenvalue weighted by Gasteiger charge is -2.00. The molecule has 0 radical (unpaired) electrons. The van der Waals surface area contributed by atoms with Gasteiger partial charge in [0.15, 0.2) is 0 Å². The van der Waals surface area contributed by atoms with Crippen molar-refractivity contribution in [2.24, 2.45) is 0 Å². The van der Waals surface area contributed by atoms with E-state index in [9.17, 15) is 0 Å². The summed E-state index contributed by atoms with van der Waals surface area (Å²) in [4.78, 5) is 0. The zero-order chi connectivity index (χ0) is 11.5. The van der Waals surface area contributed by atoms with Gasteiger partial charge in [-0.3, -0.25) is 0 Å². The Labute approximate surface area is 99.6 Å². The van der Waals surface area contributed by atoms with Gasteiger partial charge in [0.1, 0.15) is 36.9 Å². The average Bonchev–Trinajstić information content (AvgIpc) is 3.22. The Kier molecular flexibility index (Phi) is 3.42. The van der Waals surface area contributed by atoms with E-state index in [1.54, 1.807) is 0 Å². The molecular weight excluding hydrogens is 224 g/mol. The van der Waals surface area contributed by atoms with E-state index in [-0.39, 0.29) is 0 Å². The second-order valence-electron chi connectivity index (χ2n) is 4.31. The molecule has 3 heterocycles. The molecule has 0 amide bonds. The molecule has 1 aromatic heterocycles.